The Morgan fingerprint density at radius 3 is 2.36 bits per heavy atom. The lowest BCUT2D eigenvalue weighted by molar-refractivity contribution is -0.141. The van der Waals surface area contributed by atoms with E-state index in [0.717, 1.165) is 12.1 Å². The van der Waals surface area contributed by atoms with E-state index in [4.69, 9.17) is 5.73 Å². The number of ketones is 1. The molecule has 0 saturated carbocycles. The average molecular weight is 204 g/mol. The fourth-order valence-corrected chi connectivity index (χ4v) is 0.930. The molecular weight excluding hydrogens is 197 g/mol. The summed E-state index contributed by atoms with van der Waals surface area (Å²) in [6.45, 7) is 1.21. The molecule has 0 saturated heterocycles. The molecule has 1 rings (SSSR count). The summed E-state index contributed by atoms with van der Waals surface area (Å²) in [5.41, 5.74) is 4.09. The number of hydrogen-bond donors (Lipinski definition) is 1. The summed E-state index contributed by atoms with van der Waals surface area (Å²) in [6, 6.07) is 1.75. The number of anilines is 1. The molecule has 0 spiro atoms. The van der Waals surface area contributed by atoms with Crippen LogP contribution < -0.4 is 5.73 Å². The van der Waals surface area contributed by atoms with Gasteiger partial charge in [-0.3, -0.25) is 4.79 Å². The van der Waals surface area contributed by atoms with Crippen LogP contribution in [0.2, 0.25) is 0 Å². The van der Waals surface area contributed by atoms with Gasteiger partial charge >= 0.3 is 6.18 Å². The molecule has 0 atom stereocenters. The zero-order valence-electron chi connectivity index (χ0n) is 7.22. The monoisotopic (exact) mass is 204 g/mol. The Labute approximate surface area is 77.7 Å². The van der Waals surface area contributed by atoms with Crippen LogP contribution in [-0.2, 0) is 6.18 Å². The van der Waals surface area contributed by atoms with Gasteiger partial charge in [-0.2, -0.15) is 13.2 Å². The Morgan fingerprint density at radius 1 is 1.43 bits per heavy atom. The largest absolute Gasteiger partial charge is 0.433 e. The third kappa shape index (κ3) is 2.01. The normalized spacial score (nSPS) is 11.4. The molecular formula is C8H7F3N2O. The van der Waals surface area contributed by atoms with E-state index in [0.29, 0.717) is 0 Å². The van der Waals surface area contributed by atoms with Crippen LogP contribution in [0.1, 0.15) is 23.0 Å². The molecule has 1 aromatic heterocycles. The van der Waals surface area contributed by atoms with Crippen molar-refractivity contribution in [3.63, 3.8) is 0 Å². The van der Waals surface area contributed by atoms with Gasteiger partial charge in [0.05, 0.1) is 5.56 Å². The molecule has 6 heteroatoms. The summed E-state index contributed by atoms with van der Waals surface area (Å²) in [5, 5.41) is 0. The van der Waals surface area contributed by atoms with Gasteiger partial charge in [0.25, 0.3) is 0 Å². The molecule has 14 heavy (non-hydrogen) atoms. The predicted molar refractivity (Wildman–Crippen MR) is 43.7 cm³/mol. The van der Waals surface area contributed by atoms with E-state index in [1.165, 1.54) is 6.92 Å². The van der Waals surface area contributed by atoms with Crippen LogP contribution in [0.4, 0.5) is 19.0 Å². The summed E-state index contributed by atoms with van der Waals surface area (Å²) in [7, 11) is 0. The Bertz CT molecular complexity index is 373. The van der Waals surface area contributed by atoms with Crippen LogP contribution in [0.3, 0.4) is 0 Å². The lowest BCUT2D eigenvalue weighted by Gasteiger charge is -2.07. The lowest BCUT2D eigenvalue weighted by atomic mass is 10.1. The zero-order valence-corrected chi connectivity index (χ0v) is 7.22. The minimum atomic E-state index is -4.54. The summed E-state index contributed by atoms with van der Waals surface area (Å²) in [4.78, 5) is 13.9. The molecule has 0 aliphatic rings. The number of nitrogen functional groups attached to an aromatic ring is 1. The number of carbonyl (C=O) groups excluding carboxylic acids is 1. The van der Waals surface area contributed by atoms with E-state index in [1.54, 1.807) is 0 Å². The highest BCUT2D eigenvalue weighted by Crippen LogP contribution is 2.28. The highest BCUT2D eigenvalue weighted by atomic mass is 19.4. The van der Waals surface area contributed by atoms with E-state index in [2.05, 4.69) is 4.98 Å². The summed E-state index contributed by atoms with van der Waals surface area (Å²) < 4.78 is 36.3. The highest BCUT2D eigenvalue weighted by molar-refractivity contribution is 5.98. The zero-order chi connectivity index (χ0) is 10.9. The first-order chi connectivity index (χ1) is 6.32. The second-order valence-electron chi connectivity index (χ2n) is 2.68. The number of halogens is 3. The first-order valence-corrected chi connectivity index (χ1v) is 3.67. The number of alkyl halides is 3. The molecule has 0 bridgehead atoms. The lowest BCUT2D eigenvalue weighted by Crippen LogP contribution is -2.11. The fraction of sp³-hybridized carbons (Fsp3) is 0.250. The second-order valence-corrected chi connectivity index (χ2v) is 2.68. The fourth-order valence-electron chi connectivity index (χ4n) is 0.930. The van der Waals surface area contributed by atoms with Crippen molar-refractivity contribution < 1.29 is 18.0 Å². The molecule has 1 aromatic rings. The number of rotatable bonds is 1. The number of nitrogens with zero attached hydrogens (tertiary/aromatic N) is 1. The number of nitrogens with two attached hydrogens (primary N) is 1. The molecule has 0 radical (unpaired) electrons. The average Bonchev–Trinajstić information content (AvgIpc) is 2.01. The van der Waals surface area contributed by atoms with Gasteiger partial charge in [0, 0.05) is 0 Å². The van der Waals surface area contributed by atoms with Gasteiger partial charge in [0.2, 0.25) is 0 Å². The van der Waals surface area contributed by atoms with Gasteiger partial charge in [0.1, 0.15) is 11.5 Å². The van der Waals surface area contributed by atoms with Crippen LogP contribution in [0, 0.1) is 0 Å². The van der Waals surface area contributed by atoms with E-state index in [1.807, 2.05) is 0 Å². The number of pyridine rings is 1. The molecule has 0 amide bonds. The van der Waals surface area contributed by atoms with Crippen LogP contribution in [0.5, 0.6) is 0 Å². The number of Topliss-reactive ketones (excluding diaryl/α,β-unsaturated/α-hetero) is 1. The van der Waals surface area contributed by atoms with Crippen molar-refractivity contribution >= 4 is 11.6 Å². The van der Waals surface area contributed by atoms with Crippen molar-refractivity contribution in [2.24, 2.45) is 0 Å². The van der Waals surface area contributed by atoms with Gasteiger partial charge in [-0.05, 0) is 19.1 Å². The predicted octanol–water partition coefficient (Wildman–Crippen LogP) is 1.89. The molecule has 0 unspecified atom stereocenters. The summed E-state index contributed by atoms with van der Waals surface area (Å²) in [6.07, 6.45) is -4.54. The molecule has 1 heterocycles. The van der Waals surface area contributed by atoms with Gasteiger partial charge in [-0.15, -0.1) is 0 Å². The standard InChI is InChI=1S/C8H7F3N2O/c1-4(14)5-2-3-6(8(9,10)11)13-7(5)12/h2-3H,1H3,(H2,12,13). The van der Waals surface area contributed by atoms with Crippen LogP contribution in [0.25, 0.3) is 0 Å². The molecule has 76 valence electrons. The SMILES string of the molecule is CC(=O)c1ccc(C(F)(F)F)nc1N. The van der Waals surface area contributed by atoms with Gasteiger partial charge in [0.15, 0.2) is 5.78 Å². The third-order valence-electron chi connectivity index (χ3n) is 1.59. The Morgan fingerprint density at radius 2 is 2.00 bits per heavy atom. The summed E-state index contributed by atoms with van der Waals surface area (Å²) in [5.74, 6) is -0.809. The first-order valence-electron chi connectivity index (χ1n) is 3.67. The maximum atomic E-state index is 12.1. The molecule has 0 aromatic carbocycles. The van der Waals surface area contributed by atoms with E-state index in [-0.39, 0.29) is 5.56 Å². The van der Waals surface area contributed by atoms with E-state index >= 15 is 0 Å². The van der Waals surface area contributed by atoms with Crippen molar-refractivity contribution in [2.45, 2.75) is 13.1 Å². The van der Waals surface area contributed by atoms with Crippen molar-refractivity contribution in [1.29, 1.82) is 0 Å². The third-order valence-corrected chi connectivity index (χ3v) is 1.59. The first kappa shape index (κ1) is 10.5. The Kier molecular flexibility index (Phi) is 2.46. The van der Waals surface area contributed by atoms with Gasteiger partial charge in [-0.25, -0.2) is 4.98 Å². The smallest absolute Gasteiger partial charge is 0.383 e. The Hall–Kier alpha value is -1.59. The summed E-state index contributed by atoms with van der Waals surface area (Å²) >= 11 is 0. The van der Waals surface area contributed by atoms with Crippen LogP contribution in [-0.4, -0.2) is 10.8 Å². The van der Waals surface area contributed by atoms with E-state index in [9.17, 15) is 18.0 Å². The molecule has 0 fully saturated rings. The number of carbonyl (C=O) groups is 1. The maximum Gasteiger partial charge on any atom is 0.433 e. The maximum absolute atomic E-state index is 12.1. The van der Waals surface area contributed by atoms with Crippen molar-refractivity contribution in [1.82, 2.24) is 4.98 Å². The molecule has 0 aliphatic heterocycles. The number of hydrogen-bond acceptors (Lipinski definition) is 3. The quantitative estimate of drug-likeness (QED) is 0.710. The number of aromatic nitrogens is 1. The van der Waals surface area contributed by atoms with Gasteiger partial charge in [-0.1, -0.05) is 0 Å². The topological polar surface area (TPSA) is 56.0 Å². The van der Waals surface area contributed by atoms with Gasteiger partial charge < -0.3 is 5.73 Å². The van der Waals surface area contributed by atoms with Crippen molar-refractivity contribution in [3.8, 4) is 0 Å². The molecule has 2 N–H and O–H groups in total. The molecule has 0 aliphatic carbocycles. The van der Waals surface area contributed by atoms with E-state index < -0.39 is 23.5 Å². The van der Waals surface area contributed by atoms with Crippen molar-refractivity contribution in [3.05, 3.63) is 23.4 Å². The van der Waals surface area contributed by atoms with Crippen molar-refractivity contribution in [2.75, 3.05) is 5.73 Å². The Balaban J connectivity index is 3.20. The minimum absolute atomic E-state index is 0.00185. The minimum Gasteiger partial charge on any atom is -0.383 e. The van der Waals surface area contributed by atoms with Crippen LogP contribution in [0.15, 0.2) is 12.1 Å². The highest BCUT2D eigenvalue weighted by Gasteiger charge is 2.32. The van der Waals surface area contributed by atoms with Crippen LogP contribution >= 0.6 is 0 Å². The molecule has 3 nitrogen and oxygen atoms in total. The second kappa shape index (κ2) is 3.28.